The van der Waals surface area contributed by atoms with Gasteiger partial charge < -0.3 is 5.32 Å². The Bertz CT molecular complexity index is 615. The Kier molecular flexibility index (Phi) is 5.19. The van der Waals surface area contributed by atoms with Crippen LogP contribution in [-0.4, -0.2) is 7.05 Å². The van der Waals surface area contributed by atoms with Crippen molar-refractivity contribution in [3.05, 3.63) is 68.4 Å². The van der Waals surface area contributed by atoms with Crippen LogP contribution in [0.4, 0.5) is 4.39 Å². The number of halogens is 3. The zero-order chi connectivity index (χ0) is 14.7. The van der Waals surface area contributed by atoms with Crippen LogP contribution in [0.15, 0.2) is 40.9 Å². The number of benzene rings is 2. The minimum Gasteiger partial charge on any atom is -0.313 e. The van der Waals surface area contributed by atoms with Crippen molar-refractivity contribution in [2.45, 2.75) is 19.4 Å². The molecule has 0 radical (unpaired) electrons. The highest BCUT2D eigenvalue weighted by atomic mass is 79.9. The van der Waals surface area contributed by atoms with Gasteiger partial charge >= 0.3 is 0 Å². The van der Waals surface area contributed by atoms with Crippen LogP contribution in [0.3, 0.4) is 0 Å². The molecule has 1 atom stereocenters. The van der Waals surface area contributed by atoms with Crippen LogP contribution in [0.5, 0.6) is 0 Å². The molecule has 106 valence electrons. The van der Waals surface area contributed by atoms with Crippen molar-refractivity contribution in [1.82, 2.24) is 5.32 Å². The van der Waals surface area contributed by atoms with Crippen molar-refractivity contribution in [1.29, 1.82) is 0 Å². The first-order valence-corrected chi connectivity index (χ1v) is 7.56. The zero-order valence-electron chi connectivity index (χ0n) is 11.4. The molecule has 0 bridgehead atoms. The van der Waals surface area contributed by atoms with Gasteiger partial charge in [-0.15, -0.1) is 0 Å². The second-order valence-electron chi connectivity index (χ2n) is 4.74. The highest BCUT2D eigenvalue weighted by Gasteiger charge is 2.16. The van der Waals surface area contributed by atoms with Gasteiger partial charge in [0.1, 0.15) is 5.82 Å². The molecule has 2 aromatic carbocycles. The normalized spacial score (nSPS) is 12.4. The maximum atomic E-state index is 14.0. The number of likely N-dealkylation sites (N-methyl/N-ethyl adjacent to an activating group) is 1. The summed E-state index contributed by atoms with van der Waals surface area (Å²) in [7, 11) is 1.88. The van der Waals surface area contributed by atoms with Crippen molar-refractivity contribution in [2.75, 3.05) is 7.05 Å². The summed E-state index contributed by atoms with van der Waals surface area (Å²) < 4.78 is 14.7. The molecule has 0 heterocycles. The molecule has 1 nitrogen and oxygen atoms in total. The molecule has 2 rings (SSSR count). The molecular weight excluding hydrogens is 341 g/mol. The van der Waals surface area contributed by atoms with Gasteiger partial charge in [-0.2, -0.15) is 0 Å². The molecular formula is C16H16BrClFN. The van der Waals surface area contributed by atoms with E-state index in [1.807, 2.05) is 44.3 Å². The van der Waals surface area contributed by atoms with Gasteiger partial charge in [0.15, 0.2) is 0 Å². The molecule has 0 aliphatic rings. The first-order chi connectivity index (χ1) is 9.52. The third-order valence-corrected chi connectivity index (χ3v) is 4.38. The minimum absolute atomic E-state index is 0.0318. The predicted octanol–water partition coefficient (Wildman–Crippen LogP) is 5.05. The fraction of sp³-hybridized carbons (Fsp3) is 0.250. The van der Waals surface area contributed by atoms with E-state index in [1.165, 1.54) is 6.07 Å². The SMILES string of the molecule is CNC(Cc1ccc(Br)cc1F)c1cccc(Cl)c1C. The van der Waals surface area contributed by atoms with Crippen molar-refractivity contribution < 1.29 is 4.39 Å². The maximum absolute atomic E-state index is 14.0. The fourth-order valence-corrected chi connectivity index (χ4v) is 2.79. The van der Waals surface area contributed by atoms with E-state index >= 15 is 0 Å². The molecule has 0 aromatic heterocycles. The second kappa shape index (κ2) is 6.70. The summed E-state index contributed by atoms with van der Waals surface area (Å²) in [5, 5.41) is 3.97. The van der Waals surface area contributed by atoms with Crippen LogP contribution in [-0.2, 0) is 6.42 Å². The number of nitrogens with one attached hydrogen (secondary N) is 1. The summed E-state index contributed by atoms with van der Waals surface area (Å²) in [4.78, 5) is 0. The van der Waals surface area contributed by atoms with Gasteiger partial charge in [0.2, 0.25) is 0 Å². The van der Waals surface area contributed by atoms with Crippen LogP contribution in [0.1, 0.15) is 22.7 Å². The van der Waals surface area contributed by atoms with E-state index in [0.29, 0.717) is 12.0 Å². The van der Waals surface area contributed by atoms with Gasteiger partial charge in [0.25, 0.3) is 0 Å². The fourth-order valence-electron chi connectivity index (χ4n) is 2.28. The van der Waals surface area contributed by atoms with Crippen molar-refractivity contribution in [3.63, 3.8) is 0 Å². The quantitative estimate of drug-likeness (QED) is 0.808. The van der Waals surface area contributed by atoms with Gasteiger partial charge in [0.05, 0.1) is 0 Å². The van der Waals surface area contributed by atoms with Crippen LogP contribution in [0.25, 0.3) is 0 Å². The monoisotopic (exact) mass is 355 g/mol. The van der Waals surface area contributed by atoms with Gasteiger partial charge in [0, 0.05) is 15.5 Å². The molecule has 0 amide bonds. The zero-order valence-corrected chi connectivity index (χ0v) is 13.7. The Labute approximate surface area is 132 Å². The lowest BCUT2D eigenvalue weighted by Gasteiger charge is -2.20. The Morgan fingerprint density at radius 1 is 1.30 bits per heavy atom. The highest BCUT2D eigenvalue weighted by Crippen LogP contribution is 2.27. The van der Waals surface area contributed by atoms with E-state index < -0.39 is 0 Å². The lowest BCUT2D eigenvalue weighted by molar-refractivity contribution is 0.552. The van der Waals surface area contributed by atoms with Crippen molar-refractivity contribution >= 4 is 27.5 Å². The molecule has 2 aromatic rings. The summed E-state index contributed by atoms with van der Waals surface area (Å²) in [5.74, 6) is -0.195. The molecule has 0 saturated heterocycles. The van der Waals surface area contributed by atoms with Crippen molar-refractivity contribution in [2.24, 2.45) is 0 Å². The summed E-state index contributed by atoms with van der Waals surface area (Å²) in [6.07, 6.45) is 0.580. The highest BCUT2D eigenvalue weighted by molar-refractivity contribution is 9.10. The molecule has 20 heavy (non-hydrogen) atoms. The summed E-state index contributed by atoms with van der Waals surface area (Å²) in [6, 6.07) is 11.0. The van der Waals surface area contributed by atoms with E-state index in [4.69, 9.17) is 11.6 Å². The molecule has 0 fully saturated rings. The number of rotatable bonds is 4. The van der Waals surface area contributed by atoms with Gasteiger partial charge in [-0.1, -0.05) is 45.7 Å². The Morgan fingerprint density at radius 2 is 2.05 bits per heavy atom. The smallest absolute Gasteiger partial charge is 0.127 e. The average Bonchev–Trinajstić information content (AvgIpc) is 2.42. The number of hydrogen-bond donors (Lipinski definition) is 1. The van der Waals surface area contributed by atoms with Gasteiger partial charge in [-0.3, -0.25) is 0 Å². The van der Waals surface area contributed by atoms with Crippen molar-refractivity contribution in [3.8, 4) is 0 Å². The Balaban J connectivity index is 2.31. The van der Waals surface area contributed by atoms with E-state index in [2.05, 4.69) is 21.2 Å². The maximum Gasteiger partial charge on any atom is 0.127 e. The Morgan fingerprint density at radius 3 is 2.70 bits per heavy atom. The Hall–Kier alpha value is -0.900. The number of hydrogen-bond acceptors (Lipinski definition) is 1. The average molecular weight is 357 g/mol. The second-order valence-corrected chi connectivity index (χ2v) is 6.06. The lowest BCUT2D eigenvalue weighted by atomic mass is 9.95. The summed E-state index contributed by atoms with van der Waals surface area (Å²) >= 11 is 9.43. The molecule has 1 N–H and O–H groups in total. The van der Waals surface area contributed by atoms with Crippen LogP contribution < -0.4 is 5.32 Å². The molecule has 1 unspecified atom stereocenters. The van der Waals surface area contributed by atoms with Crippen LogP contribution in [0.2, 0.25) is 5.02 Å². The predicted molar refractivity (Wildman–Crippen MR) is 85.8 cm³/mol. The topological polar surface area (TPSA) is 12.0 Å². The molecule has 0 aliphatic heterocycles. The van der Waals surface area contributed by atoms with E-state index in [0.717, 1.165) is 20.6 Å². The molecule has 0 saturated carbocycles. The van der Waals surface area contributed by atoms with E-state index in [1.54, 1.807) is 0 Å². The third-order valence-electron chi connectivity index (χ3n) is 3.47. The first kappa shape index (κ1) is 15.5. The lowest BCUT2D eigenvalue weighted by Crippen LogP contribution is -2.20. The minimum atomic E-state index is -0.195. The van der Waals surface area contributed by atoms with E-state index in [-0.39, 0.29) is 11.9 Å². The molecule has 0 aliphatic carbocycles. The third kappa shape index (κ3) is 3.40. The van der Waals surface area contributed by atoms with Crippen LogP contribution in [0, 0.1) is 12.7 Å². The van der Waals surface area contributed by atoms with Crippen LogP contribution >= 0.6 is 27.5 Å². The molecule has 0 spiro atoms. The summed E-state index contributed by atoms with van der Waals surface area (Å²) in [5.41, 5.74) is 2.82. The van der Waals surface area contributed by atoms with E-state index in [9.17, 15) is 4.39 Å². The van der Waals surface area contributed by atoms with Gasteiger partial charge in [-0.05, 0) is 55.3 Å². The first-order valence-electron chi connectivity index (χ1n) is 6.39. The summed E-state index contributed by atoms with van der Waals surface area (Å²) in [6.45, 7) is 1.99. The molecule has 4 heteroatoms. The standard InChI is InChI=1S/C16H16BrClFN/c1-10-13(4-3-5-14(10)18)16(20-2)8-11-6-7-12(17)9-15(11)19/h3-7,9,16,20H,8H2,1-2H3. The van der Waals surface area contributed by atoms with Gasteiger partial charge in [-0.25, -0.2) is 4.39 Å². The largest absolute Gasteiger partial charge is 0.313 e.